The predicted molar refractivity (Wildman–Crippen MR) is 76.0 cm³/mol. The summed E-state index contributed by atoms with van der Waals surface area (Å²) in [5.74, 6) is 0.0875. The molecule has 2 aliphatic rings. The van der Waals surface area contributed by atoms with E-state index in [1.807, 2.05) is 4.90 Å². The molecule has 0 spiro atoms. The van der Waals surface area contributed by atoms with Crippen LogP contribution in [0.3, 0.4) is 0 Å². The van der Waals surface area contributed by atoms with E-state index in [1.165, 1.54) is 6.07 Å². The Hall–Kier alpha value is -1.91. The van der Waals surface area contributed by atoms with Crippen molar-refractivity contribution in [1.29, 1.82) is 0 Å². The highest BCUT2D eigenvalue weighted by molar-refractivity contribution is 5.79. The molecule has 1 aromatic rings. The lowest BCUT2D eigenvalue weighted by molar-refractivity contribution is -0.134. The number of fused-ring (bicyclic) bond motifs is 1. The second-order valence-corrected chi connectivity index (χ2v) is 5.87. The zero-order chi connectivity index (χ0) is 14.8. The Morgan fingerprint density at radius 1 is 1.33 bits per heavy atom. The van der Waals surface area contributed by atoms with Crippen molar-refractivity contribution >= 4 is 11.8 Å². The molecule has 0 aliphatic carbocycles. The maximum atomic E-state index is 13.6. The van der Waals surface area contributed by atoms with Crippen molar-refractivity contribution in [1.82, 2.24) is 10.2 Å². The van der Waals surface area contributed by atoms with Gasteiger partial charge in [-0.1, -0.05) is 18.2 Å². The summed E-state index contributed by atoms with van der Waals surface area (Å²) in [6.07, 6.45) is 2.27. The number of carbonyl (C=O) groups is 2. The average Bonchev–Trinajstić information content (AvgIpc) is 2.49. The van der Waals surface area contributed by atoms with Crippen molar-refractivity contribution in [2.45, 2.75) is 31.7 Å². The van der Waals surface area contributed by atoms with Crippen molar-refractivity contribution in [3.8, 4) is 0 Å². The van der Waals surface area contributed by atoms with Crippen LogP contribution in [-0.4, -0.2) is 35.8 Å². The number of nitrogens with zero attached hydrogens (tertiary/aromatic N) is 1. The summed E-state index contributed by atoms with van der Waals surface area (Å²) in [4.78, 5) is 25.5. The van der Waals surface area contributed by atoms with Crippen molar-refractivity contribution in [2.75, 3.05) is 13.1 Å². The van der Waals surface area contributed by atoms with Crippen molar-refractivity contribution in [2.24, 2.45) is 5.92 Å². The second kappa shape index (κ2) is 5.84. The van der Waals surface area contributed by atoms with Crippen LogP contribution < -0.4 is 5.32 Å². The number of piperidine rings is 2. The molecule has 0 bridgehead atoms. The third kappa shape index (κ3) is 3.06. The minimum atomic E-state index is -0.328. The molecular formula is C16H19FN2O2. The lowest BCUT2D eigenvalue weighted by atomic mass is 9.85. The highest BCUT2D eigenvalue weighted by Gasteiger charge is 2.35. The summed E-state index contributed by atoms with van der Waals surface area (Å²) < 4.78 is 13.6. The molecule has 1 aromatic carbocycles. The number of amides is 2. The lowest BCUT2D eigenvalue weighted by Crippen LogP contribution is -2.55. The Labute approximate surface area is 123 Å². The third-order valence-electron chi connectivity index (χ3n) is 4.47. The summed E-state index contributed by atoms with van der Waals surface area (Å²) in [5, 5.41) is 3.00. The van der Waals surface area contributed by atoms with Gasteiger partial charge in [0.05, 0.1) is 6.42 Å². The van der Waals surface area contributed by atoms with Gasteiger partial charge in [-0.25, -0.2) is 4.39 Å². The number of nitrogens with one attached hydrogen (secondary N) is 1. The van der Waals surface area contributed by atoms with E-state index in [-0.39, 0.29) is 30.1 Å². The standard InChI is InChI=1S/C16H19FN2O2/c17-13-4-2-1-3-11(13)9-16(21)19-8-7-14-12(10-19)5-6-15(20)18-14/h1-4,12,14H,5-10H2,(H,18,20). The van der Waals surface area contributed by atoms with Gasteiger partial charge in [-0.05, 0) is 30.4 Å². The van der Waals surface area contributed by atoms with Gasteiger partial charge >= 0.3 is 0 Å². The molecule has 0 radical (unpaired) electrons. The molecule has 0 aromatic heterocycles. The Morgan fingerprint density at radius 3 is 2.95 bits per heavy atom. The van der Waals surface area contributed by atoms with E-state index in [0.717, 1.165) is 12.8 Å². The number of benzene rings is 1. The topological polar surface area (TPSA) is 49.4 Å². The number of rotatable bonds is 2. The number of carbonyl (C=O) groups excluding carboxylic acids is 2. The minimum Gasteiger partial charge on any atom is -0.353 e. The summed E-state index contributed by atoms with van der Waals surface area (Å²) in [5.41, 5.74) is 0.446. The van der Waals surface area contributed by atoms with E-state index < -0.39 is 0 Å². The molecule has 2 unspecified atom stereocenters. The highest BCUT2D eigenvalue weighted by atomic mass is 19.1. The molecule has 4 nitrogen and oxygen atoms in total. The first-order valence-electron chi connectivity index (χ1n) is 7.44. The number of likely N-dealkylation sites (tertiary alicyclic amines) is 1. The van der Waals surface area contributed by atoms with E-state index in [2.05, 4.69) is 5.32 Å². The van der Waals surface area contributed by atoms with E-state index in [0.29, 0.717) is 31.0 Å². The molecular weight excluding hydrogens is 271 g/mol. The molecule has 2 atom stereocenters. The fourth-order valence-electron chi connectivity index (χ4n) is 3.25. The number of hydrogen-bond donors (Lipinski definition) is 1. The molecule has 5 heteroatoms. The van der Waals surface area contributed by atoms with Crippen LogP contribution in [0.25, 0.3) is 0 Å². The molecule has 2 amide bonds. The molecule has 0 saturated carbocycles. The van der Waals surface area contributed by atoms with Crippen LogP contribution in [-0.2, 0) is 16.0 Å². The molecule has 1 N–H and O–H groups in total. The van der Waals surface area contributed by atoms with Crippen LogP contribution in [0.15, 0.2) is 24.3 Å². The van der Waals surface area contributed by atoms with Crippen LogP contribution >= 0.6 is 0 Å². The van der Waals surface area contributed by atoms with Crippen LogP contribution in [0, 0.1) is 11.7 Å². The normalized spacial score (nSPS) is 25.2. The van der Waals surface area contributed by atoms with Crippen LogP contribution in [0.5, 0.6) is 0 Å². The van der Waals surface area contributed by atoms with E-state index >= 15 is 0 Å². The molecule has 3 rings (SSSR count). The fraction of sp³-hybridized carbons (Fsp3) is 0.500. The van der Waals surface area contributed by atoms with Gasteiger partial charge in [0.25, 0.3) is 0 Å². The zero-order valence-electron chi connectivity index (χ0n) is 11.8. The Bertz CT molecular complexity index is 561. The first-order chi connectivity index (χ1) is 10.1. The van der Waals surface area contributed by atoms with Crippen molar-refractivity contribution in [3.63, 3.8) is 0 Å². The molecule has 2 saturated heterocycles. The Kier molecular flexibility index (Phi) is 3.90. The molecule has 2 aliphatic heterocycles. The van der Waals surface area contributed by atoms with Gasteiger partial charge in [0.2, 0.25) is 11.8 Å². The Balaban J connectivity index is 1.62. The van der Waals surface area contributed by atoms with Gasteiger partial charge in [-0.3, -0.25) is 9.59 Å². The van der Waals surface area contributed by atoms with Gasteiger partial charge in [-0.2, -0.15) is 0 Å². The van der Waals surface area contributed by atoms with Crippen LogP contribution in [0.1, 0.15) is 24.8 Å². The number of halogens is 1. The van der Waals surface area contributed by atoms with E-state index in [1.54, 1.807) is 18.2 Å². The first-order valence-corrected chi connectivity index (χ1v) is 7.44. The minimum absolute atomic E-state index is 0.0320. The zero-order valence-corrected chi connectivity index (χ0v) is 11.8. The van der Waals surface area contributed by atoms with Crippen molar-refractivity contribution < 1.29 is 14.0 Å². The smallest absolute Gasteiger partial charge is 0.227 e. The van der Waals surface area contributed by atoms with Gasteiger partial charge in [0.15, 0.2) is 0 Å². The predicted octanol–water partition coefficient (Wildman–Crippen LogP) is 1.50. The highest BCUT2D eigenvalue weighted by Crippen LogP contribution is 2.25. The molecule has 21 heavy (non-hydrogen) atoms. The number of hydrogen-bond acceptors (Lipinski definition) is 2. The second-order valence-electron chi connectivity index (χ2n) is 5.87. The van der Waals surface area contributed by atoms with Crippen LogP contribution in [0.2, 0.25) is 0 Å². The molecule has 2 heterocycles. The quantitative estimate of drug-likeness (QED) is 0.897. The first kappa shape index (κ1) is 14.0. The molecule has 2 fully saturated rings. The van der Waals surface area contributed by atoms with Gasteiger partial charge in [0, 0.05) is 25.6 Å². The van der Waals surface area contributed by atoms with E-state index in [9.17, 15) is 14.0 Å². The van der Waals surface area contributed by atoms with Gasteiger partial charge < -0.3 is 10.2 Å². The maximum Gasteiger partial charge on any atom is 0.227 e. The average molecular weight is 290 g/mol. The lowest BCUT2D eigenvalue weighted by Gasteiger charge is -2.41. The largest absolute Gasteiger partial charge is 0.353 e. The fourth-order valence-corrected chi connectivity index (χ4v) is 3.25. The van der Waals surface area contributed by atoms with Gasteiger partial charge in [0.1, 0.15) is 5.82 Å². The molecule has 112 valence electrons. The summed E-state index contributed by atoms with van der Waals surface area (Å²) in [6, 6.07) is 6.60. The van der Waals surface area contributed by atoms with Crippen LogP contribution in [0.4, 0.5) is 4.39 Å². The SMILES string of the molecule is O=C1CCC2CN(C(=O)Cc3ccccc3F)CCC2N1. The maximum absolute atomic E-state index is 13.6. The summed E-state index contributed by atoms with van der Waals surface area (Å²) in [7, 11) is 0. The van der Waals surface area contributed by atoms with E-state index in [4.69, 9.17) is 0 Å². The van der Waals surface area contributed by atoms with Gasteiger partial charge in [-0.15, -0.1) is 0 Å². The van der Waals surface area contributed by atoms with Crippen molar-refractivity contribution in [3.05, 3.63) is 35.6 Å². The monoisotopic (exact) mass is 290 g/mol. The third-order valence-corrected chi connectivity index (χ3v) is 4.47. The summed E-state index contributed by atoms with van der Waals surface area (Å²) >= 11 is 0. The Morgan fingerprint density at radius 2 is 2.14 bits per heavy atom. The summed E-state index contributed by atoms with van der Waals surface area (Å²) in [6.45, 7) is 1.30.